The van der Waals surface area contributed by atoms with Gasteiger partial charge in [-0.05, 0) is 115 Å². The number of fused-ring (bicyclic) bond motifs is 2. The first kappa shape index (κ1) is 62.1. The molecule has 0 bridgehead atoms. The SMILES string of the molecule is CC(C)(C)OC(=O)N1CCN(C2CC(CC#N)(n3cc(-c4ccnc5c4ccn5COCC[Si](C)(C)C)cn3)C2)CC1.CC(C)(C)OC(=O)N1CCN(C2CC(CC#N)(n3cc(-c4ccnc5c4ccn5COCC[Si](C)(C)C)cn3)C2)CC1. The van der Waals surface area contributed by atoms with Gasteiger partial charge in [0, 0.05) is 153 Å². The van der Waals surface area contributed by atoms with Crippen molar-refractivity contribution in [3.63, 3.8) is 0 Å². The summed E-state index contributed by atoms with van der Waals surface area (Å²) in [6.45, 7) is 33.9. The van der Waals surface area contributed by atoms with Crippen LogP contribution in [0.2, 0.25) is 51.4 Å². The van der Waals surface area contributed by atoms with Crippen LogP contribution in [0.15, 0.2) is 73.8 Å². The molecule has 2 amide bonds. The predicted molar refractivity (Wildman–Crippen MR) is 331 cm³/mol. The summed E-state index contributed by atoms with van der Waals surface area (Å²) in [6, 6.07) is 16.1. The molecule has 0 N–H and O–H groups in total. The molecule has 452 valence electrons. The largest absolute Gasteiger partial charge is 0.444 e. The van der Waals surface area contributed by atoms with Crippen molar-refractivity contribution in [3.8, 4) is 34.4 Å². The molecule has 0 unspecified atom stereocenters. The highest BCUT2D eigenvalue weighted by molar-refractivity contribution is 6.76. The summed E-state index contributed by atoms with van der Waals surface area (Å²) in [5.41, 5.74) is 4.37. The number of carbonyl (C=O) groups is 2. The molecule has 2 aliphatic carbocycles. The fourth-order valence-corrected chi connectivity index (χ4v) is 13.4. The molecule has 22 heteroatoms. The van der Waals surface area contributed by atoms with Crippen LogP contribution in [0.25, 0.3) is 44.3 Å². The standard InChI is InChI=1S/2C31H45N7O3Si/c2*1-30(2,3)41-29(39)36-15-13-35(14-16-36)25-19-31(20-25,9-10-32)38-22-24(21-34-38)26-7-11-33-28-27(26)8-12-37(28)23-40-17-18-42(4,5)6/h2*7-8,11-12,21-22,25H,9,13-20,23H2,1-6H3. The van der Waals surface area contributed by atoms with Crippen molar-refractivity contribution in [1.29, 1.82) is 10.5 Å². The van der Waals surface area contributed by atoms with E-state index in [0.29, 0.717) is 64.6 Å². The minimum absolute atomic E-state index is 0.242. The third-order valence-corrected chi connectivity index (χ3v) is 20.2. The predicted octanol–water partition coefficient (Wildman–Crippen LogP) is 11.1. The number of amides is 2. The first-order valence-electron chi connectivity index (χ1n) is 30.1. The molecule has 4 fully saturated rings. The average molecular weight is 1180 g/mol. The van der Waals surface area contributed by atoms with Gasteiger partial charge in [-0.1, -0.05) is 39.3 Å². The van der Waals surface area contributed by atoms with Crippen LogP contribution in [0, 0.1) is 22.7 Å². The molecule has 6 aromatic heterocycles. The third kappa shape index (κ3) is 15.0. The summed E-state index contributed by atoms with van der Waals surface area (Å²) in [6.07, 6.45) is 19.6. The zero-order valence-electron chi connectivity index (χ0n) is 51.9. The fraction of sp³-hybridized carbons (Fsp3) is 0.613. The molecule has 20 nitrogen and oxygen atoms in total. The van der Waals surface area contributed by atoms with Crippen LogP contribution in [0.3, 0.4) is 0 Å². The smallest absolute Gasteiger partial charge is 0.410 e. The number of ether oxygens (including phenoxy) is 4. The van der Waals surface area contributed by atoms with Gasteiger partial charge in [-0.15, -0.1) is 0 Å². The number of hydrogen-bond acceptors (Lipinski definition) is 14. The Bertz CT molecular complexity index is 3080. The third-order valence-electron chi connectivity index (χ3n) is 16.8. The van der Waals surface area contributed by atoms with Crippen molar-refractivity contribution in [2.45, 2.75) is 179 Å². The summed E-state index contributed by atoms with van der Waals surface area (Å²) < 4.78 is 31.2. The number of nitriles is 2. The summed E-state index contributed by atoms with van der Waals surface area (Å²) in [4.78, 5) is 42.7. The van der Waals surface area contributed by atoms with E-state index in [1.807, 2.05) is 100 Å². The molecule has 4 aliphatic rings. The zero-order chi connectivity index (χ0) is 60.2. The first-order chi connectivity index (χ1) is 39.7. The minimum Gasteiger partial charge on any atom is -0.444 e. The van der Waals surface area contributed by atoms with Crippen molar-refractivity contribution >= 4 is 50.4 Å². The maximum Gasteiger partial charge on any atom is 0.410 e. The molecule has 2 saturated heterocycles. The van der Waals surface area contributed by atoms with Gasteiger partial charge in [-0.2, -0.15) is 20.7 Å². The Labute approximate surface area is 498 Å². The maximum absolute atomic E-state index is 12.5. The molecule has 0 aromatic carbocycles. The summed E-state index contributed by atoms with van der Waals surface area (Å²) in [5, 5.41) is 31.2. The van der Waals surface area contributed by atoms with Crippen molar-refractivity contribution in [2.24, 2.45) is 0 Å². The van der Waals surface area contributed by atoms with Gasteiger partial charge in [0.15, 0.2) is 0 Å². The molecular weight excluding hydrogens is 1090 g/mol. The van der Waals surface area contributed by atoms with Gasteiger partial charge in [0.25, 0.3) is 0 Å². The van der Waals surface area contributed by atoms with Crippen LogP contribution >= 0.6 is 0 Å². The number of hydrogen-bond donors (Lipinski definition) is 0. The van der Waals surface area contributed by atoms with Crippen LogP contribution < -0.4 is 0 Å². The second-order valence-electron chi connectivity index (χ2n) is 28.1. The van der Waals surface area contributed by atoms with E-state index in [0.717, 1.165) is 121 Å². The van der Waals surface area contributed by atoms with Gasteiger partial charge in [-0.25, -0.2) is 19.6 Å². The molecule has 8 heterocycles. The van der Waals surface area contributed by atoms with Crippen LogP contribution in [-0.2, 0) is 43.5 Å². The molecule has 0 atom stereocenters. The van der Waals surface area contributed by atoms with E-state index in [2.05, 4.69) is 105 Å². The van der Waals surface area contributed by atoms with Crippen LogP contribution in [0.4, 0.5) is 9.59 Å². The van der Waals surface area contributed by atoms with Crippen molar-refractivity contribution < 1.29 is 28.5 Å². The molecule has 0 radical (unpaired) electrons. The van der Waals surface area contributed by atoms with E-state index in [9.17, 15) is 20.1 Å². The number of nitrogens with zero attached hydrogens (tertiary/aromatic N) is 14. The Morgan fingerprint density at radius 3 is 1.29 bits per heavy atom. The average Bonchev–Trinajstić information content (AvgIpc) is 2.71. The van der Waals surface area contributed by atoms with Gasteiger partial charge >= 0.3 is 12.2 Å². The maximum atomic E-state index is 12.5. The van der Waals surface area contributed by atoms with Gasteiger partial charge in [0.05, 0.1) is 48.5 Å². The van der Waals surface area contributed by atoms with E-state index < -0.39 is 27.3 Å². The summed E-state index contributed by atoms with van der Waals surface area (Å²) >= 11 is 0. The van der Waals surface area contributed by atoms with Gasteiger partial charge < -0.3 is 37.9 Å². The molecule has 84 heavy (non-hydrogen) atoms. The molecule has 0 spiro atoms. The van der Waals surface area contributed by atoms with Crippen molar-refractivity contribution in [2.75, 3.05) is 65.6 Å². The second-order valence-corrected chi connectivity index (χ2v) is 39.3. The highest BCUT2D eigenvalue weighted by Gasteiger charge is 2.51. The molecule has 2 aliphatic heterocycles. The quantitative estimate of drug-likeness (QED) is 0.0580. The van der Waals surface area contributed by atoms with Crippen LogP contribution in [-0.4, -0.2) is 175 Å². The zero-order valence-corrected chi connectivity index (χ0v) is 53.9. The Hall–Kier alpha value is -6.41. The number of carbonyl (C=O) groups excluding carboxylic acids is 2. The Kier molecular flexibility index (Phi) is 18.7. The van der Waals surface area contributed by atoms with E-state index in [1.54, 1.807) is 9.80 Å². The summed E-state index contributed by atoms with van der Waals surface area (Å²) in [7, 11) is -2.27. The lowest BCUT2D eigenvalue weighted by atomic mass is 9.70. The normalized spacial score (nSPS) is 21.7. The minimum atomic E-state index is -1.13. The van der Waals surface area contributed by atoms with Crippen LogP contribution in [0.5, 0.6) is 0 Å². The van der Waals surface area contributed by atoms with E-state index in [1.165, 1.54) is 0 Å². The van der Waals surface area contributed by atoms with E-state index in [4.69, 9.17) is 29.1 Å². The molecule has 6 aromatic rings. The van der Waals surface area contributed by atoms with Crippen molar-refractivity contribution in [3.05, 3.63) is 73.8 Å². The second kappa shape index (κ2) is 25.3. The van der Waals surface area contributed by atoms with Crippen molar-refractivity contribution in [1.82, 2.24) is 58.3 Å². The topological polar surface area (TPSA) is 203 Å². The molecular formula is C62H90N14O6Si2. The molecule has 2 saturated carbocycles. The first-order valence-corrected chi connectivity index (χ1v) is 37.5. The number of piperazine rings is 2. The Morgan fingerprint density at radius 1 is 0.583 bits per heavy atom. The monoisotopic (exact) mass is 1180 g/mol. The highest BCUT2D eigenvalue weighted by Crippen LogP contribution is 2.47. The number of rotatable bonds is 18. The van der Waals surface area contributed by atoms with Gasteiger partial charge in [-0.3, -0.25) is 19.2 Å². The number of aromatic nitrogens is 8. The fourth-order valence-electron chi connectivity index (χ4n) is 11.9. The van der Waals surface area contributed by atoms with Crippen LogP contribution in [0.1, 0.15) is 80.1 Å². The molecule has 10 rings (SSSR count). The Morgan fingerprint density at radius 2 is 0.952 bits per heavy atom. The lowest BCUT2D eigenvalue weighted by Gasteiger charge is -2.52. The van der Waals surface area contributed by atoms with Gasteiger partial charge in [0.1, 0.15) is 36.0 Å². The Balaban J connectivity index is 0.000000202. The highest BCUT2D eigenvalue weighted by atomic mass is 28.3. The van der Waals surface area contributed by atoms with E-state index in [-0.39, 0.29) is 23.3 Å². The summed E-state index contributed by atoms with van der Waals surface area (Å²) in [5.74, 6) is 0. The number of pyridine rings is 2. The van der Waals surface area contributed by atoms with Gasteiger partial charge in [0.2, 0.25) is 0 Å². The van der Waals surface area contributed by atoms with E-state index >= 15 is 0 Å². The lowest BCUT2D eigenvalue weighted by molar-refractivity contribution is -0.0269. The lowest BCUT2D eigenvalue weighted by Crippen LogP contribution is -2.60.